The van der Waals surface area contributed by atoms with E-state index in [1.807, 2.05) is 30.3 Å². The Hall–Kier alpha value is -4.15. The number of halogens is 2. The van der Waals surface area contributed by atoms with E-state index in [0.29, 0.717) is 10.5 Å². The molecule has 0 aliphatic carbocycles. The molecule has 0 N–H and O–H groups in total. The molecule has 0 saturated carbocycles. The largest absolute Gasteiger partial charge is 0.482 e. The van der Waals surface area contributed by atoms with Crippen LogP contribution in [-0.2, 0) is 17.0 Å². The Bertz CT molecular complexity index is 1810. The molecule has 2 atom stereocenters. The van der Waals surface area contributed by atoms with E-state index in [1.165, 1.54) is 23.0 Å². The van der Waals surface area contributed by atoms with Gasteiger partial charge in [0.25, 0.3) is 5.91 Å². The van der Waals surface area contributed by atoms with Crippen molar-refractivity contribution in [3.63, 3.8) is 0 Å². The molecule has 10 heteroatoms. The second-order valence-corrected chi connectivity index (χ2v) is 10.7. The number of pyridine rings is 1. The molecule has 0 unspecified atom stereocenters. The molecule has 1 amide bonds. The molecule has 7 nitrogen and oxygen atoms in total. The summed E-state index contributed by atoms with van der Waals surface area (Å²) in [5.74, 6) is -3.00. The lowest BCUT2D eigenvalue weighted by Crippen LogP contribution is -2.66. The number of nitrogens with zero attached hydrogens (tertiary/aromatic N) is 3. The summed E-state index contributed by atoms with van der Waals surface area (Å²) in [4.78, 5) is 29.4. The van der Waals surface area contributed by atoms with Gasteiger partial charge in [-0.2, -0.15) is 0 Å². The number of thioether (sulfide) groups is 1. The number of amides is 1. The molecule has 1 fully saturated rings. The number of fused-ring (bicyclic) bond motifs is 4. The van der Waals surface area contributed by atoms with Gasteiger partial charge in [0.15, 0.2) is 23.1 Å². The van der Waals surface area contributed by atoms with Crippen LogP contribution in [0.1, 0.15) is 41.5 Å². The molecular formula is C31H25F2N3O4S. The standard InChI is InChI=1S/C31H25F2N3O4S/c32-23-11-10-20-22(27(23)33)18-41-25-9-5-4-8-21(25)28(20)36-26-17-39-15-14-34(26)31(38)29-30(24(37)12-13-35(29)36)40-16-19-6-2-1-3-7-19/h1-13,26,28H,14-18H2/t26-,28+/m1/s1/i18D2. The fraction of sp³-hybridized carbons (Fsp3) is 0.226. The average molecular weight is 576 g/mol. The summed E-state index contributed by atoms with van der Waals surface area (Å²) in [5.41, 5.74) is -1.61. The van der Waals surface area contributed by atoms with Gasteiger partial charge in [0.2, 0.25) is 5.43 Å². The first kappa shape index (κ1) is 23.5. The van der Waals surface area contributed by atoms with Crippen LogP contribution >= 0.6 is 11.8 Å². The van der Waals surface area contributed by atoms with Crippen LogP contribution in [0.5, 0.6) is 5.75 Å². The molecule has 1 aromatic heterocycles. The molecular weight excluding hydrogens is 548 g/mol. The molecule has 41 heavy (non-hydrogen) atoms. The SMILES string of the molecule is [2H]C1([2H])Sc2ccccc2[C@@H](N2[C@@H]3COCCN3C(=O)c3c(OCc4ccccc4)c(=O)ccn32)c2ccc(F)c(F)c21. The van der Waals surface area contributed by atoms with Gasteiger partial charge < -0.3 is 14.4 Å². The van der Waals surface area contributed by atoms with Crippen LogP contribution in [0.4, 0.5) is 8.78 Å². The highest BCUT2D eigenvalue weighted by molar-refractivity contribution is 7.98. The fourth-order valence-corrected chi connectivity index (χ4v) is 6.51. The minimum absolute atomic E-state index is 0.0110. The van der Waals surface area contributed by atoms with Gasteiger partial charge in [0, 0.05) is 37.7 Å². The first-order chi connectivity index (χ1) is 20.8. The van der Waals surface area contributed by atoms with Gasteiger partial charge in [0.1, 0.15) is 12.8 Å². The summed E-state index contributed by atoms with van der Waals surface area (Å²) in [6.07, 6.45) is 0.748. The van der Waals surface area contributed by atoms with Crippen molar-refractivity contribution in [2.24, 2.45) is 0 Å². The predicted octanol–water partition coefficient (Wildman–Crippen LogP) is 4.85. The lowest BCUT2D eigenvalue weighted by atomic mass is 9.93. The van der Waals surface area contributed by atoms with Crippen molar-refractivity contribution in [3.8, 4) is 5.75 Å². The van der Waals surface area contributed by atoms with Gasteiger partial charge in [-0.3, -0.25) is 19.3 Å². The third-order valence-corrected chi connectivity index (χ3v) is 8.44. The summed E-state index contributed by atoms with van der Waals surface area (Å²) in [6, 6.07) is 19.1. The maximum absolute atomic E-state index is 15.6. The number of ether oxygens (including phenoxy) is 2. The van der Waals surface area contributed by atoms with Crippen LogP contribution in [0.15, 0.2) is 88.7 Å². The fourth-order valence-electron chi connectivity index (χ4n) is 5.64. The first-order valence-electron chi connectivity index (χ1n) is 14.1. The number of morpholine rings is 1. The van der Waals surface area contributed by atoms with Crippen molar-refractivity contribution in [2.45, 2.75) is 29.4 Å². The summed E-state index contributed by atoms with van der Waals surface area (Å²) in [5, 5.41) is 1.78. The molecule has 3 aromatic carbocycles. The van der Waals surface area contributed by atoms with Crippen LogP contribution < -0.4 is 15.2 Å². The minimum Gasteiger partial charge on any atom is -0.482 e. The molecule has 1 saturated heterocycles. The molecule has 0 radical (unpaired) electrons. The second-order valence-electron chi connectivity index (χ2n) is 9.88. The highest BCUT2D eigenvalue weighted by atomic mass is 32.2. The molecule has 7 rings (SSSR count). The molecule has 3 aliphatic rings. The molecule has 3 aliphatic heterocycles. The normalized spacial score (nSPS) is 21.5. The van der Waals surface area contributed by atoms with Crippen molar-refractivity contribution in [2.75, 3.05) is 24.8 Å². The third kappa shape index (κ3) is 4.29. The molecule has 4 aromatic rings. The summed E-state index contributed by atoms with van der Waals surface area (Å²) < 4.78 is 61.3. The van der Waals surface area contributed by atoms with Crippen LogP contribution in [0.25, 0.3) is 0 Å². The van der Waals surface area contributed by atoms with Crippen molar-refractivity contribution in [3.05, 3.63) is 129 Å². The third-order valence-electron chi connectivity index (χ3n) is 7.54. The zero-order chi connectivity index (χ0) is 29.9. The van der Waals surface area contributed by atoms with E-state index in [-0.39, 0.29) is 43.4 Å². The van der Waals surface area contributed by atoms with Crippen molar-refractivity contribution in [1.29, 1.82) is 0 Å². The van der Waals surface area contributed by atoms with Crippen LogP contribution in [-0.4, -0.2) is 41.4 Å². The smallest absolute Gasteiger partial charge is 0.278 e. The molecule has 0 bridgehead atoms. The van der Waals surface area contributed by atoms with E-state index in [4.69, 9.17) is 12.2 Å². The van der Waals surface area contributed by atoms with Gasteiger partial charge in [-0.1, -0.05) is 54.6 Å². The van der Waals surface area contributed by atoms with E-state index in [1.54, 1.807) is 34.2 Å². The number of hydrogen-bond acceptors (Lipinski definition) is 6. The number of rotatable bonds is 4. The predicted molar refractivity (Wildman–Crippen MR) is 150 cm³/mol. The zero-order valence-corrected chi connectivity index (χ0v) is 22.4. The van der Waals surface area contributed by atoms with E-state index >= 15 is 4.39 Å². The molecule has 4 heterocycles. The van der Waals surface area contributed by atoms with E-state index in [0.717, 1.165) is 23.4 Å². The summed E-state index contributed by atoms with van der Waals surface area (Å²) in [7, 11) is 0. The van der Waals surface area contributed by atoms with E-state index < -0.39 is 46.4 Å². The topological polar surface area (TPSA) is 64.0 Å². The van der Waals surface area contributed by atoms with Crippen LogP contribution in [0.2, 0.25) is 0 Å². The Morgan fingerprint density at radius 1 is 1.00 bits per heavy atom. The van der Waals surface area contributed by atoms with Crippen LogP contribution in [0.3, 0.4) is 0 Å². The highest BCUT2D eigenvalue weighted by Gasteiger charge is 2.46. The van der Waals surface area contributed by atoms with Gasteiger partial charge in [-0.05, 0) is 28.8 Å². The van der Waals surface area contributed by atoms with Gasteiger partial charge >= 0.3 is 0 Å². The second kappa shape index (κ2) is 10.4. The van der Waals surface area contributed by atoms with Crippen molar-refractivity contribution in [1.82, 2.24) is 9.58 Å². The number of carbonyl (C=O) groups excluding carboxylic acids is 1. The molecule has 0 spiro atoms. The van der Waals surface area contributed by atoms with E-state index in [9.17, 15) is 14.0 Å². The van der Waals surface area contributed by atoms with Crippen LogP contribution in [0, 0.1) is 11.6 Å². The summed E-state index contributed by atoms with van der Waals surface area (Å²) >= 11 is 0.795. The number of carbonyl (C=O) groups is 1. The first-order valence-corrected chi connectivity index (χ1v) is 13.9. The van der Waals surface area contributed by atoms with Gasteiger partial charge in [0.05, 0.1) is 19.3 Å². The number of benzene rings is 3. The van der Waals surface area contributed by atoms with Gasteiger partial charge in [-0.25, -0.2) is 8.78 Å². The van der Waals surface area contributed by atoms with E-state index in [2.05, 4.69) is 0 Å². The van der Waals surface area contributed by atoms with Crippen molar-refractivity contribution < 1.29 is 25.8 Å². The zero-order valence-electron chi connectivity index (χ0n) is 23.6. The molecule has 208 valence electrons. The maximum atomic E-state index is 15.6. The summed E-state index contributed by atoms with van der Waals surface area (Å²) in [6.45, 7) is 0.623. The lowest BCUT2D eigenvalue weighted by Gasteiger charge is -2.51. The maximum Gasteiger partial charge on any atom is 0.278 e. The van der Waals surface area contributed by atoms with Gasteiger partial charge in [-0.15, -0.1) is 11.8 Å². The highest BCUT2D eigenvalue weighted by Crippen LogP contribution is 2.45. The Kier molecular flexibility index (Phi) is 5.95. The Labute approximate surface area is 241 Å². The Balaban J connectivity index is 1.48. The minimum atomic E-state index is -2.32. The Morgan fingerprint density at radius 2 is 1.80 bits per heavy atom. The Morgan fingerprint density at radius 3 is 2.66 bits per heavy atom. The monoisotopic (exact) mass is 575 g/mol. The number of hydrogen-bond donors (Lipinski definition) is 0. The van der Waals surface area contributed by atoms with Crippen molar-refractivity contribution >= 4 is 17.7 Å². The quantitative estimate of drug-likeness (QED) is 0.347. The lowest BCUT2D eigenvalue weighted by molar-refractivity contribution is -0.0199. The average Bonchev–Trinajstić information content (AvgIpc) is 3.10. The number of aromatic nitrogens is 1.